The summed E-state index contributed by atoms with van der Waals surface area (Å²) in [5, 5.41) is 4.49. The third-order valence-electron chi connectivity index (χ3n) is 4.52. The Morgan fingerprint density at radius 3 is 2.27 bits per heavy atom. The number of nitrogens with one attached hydrogen (secondary N) is 1. The summed E-state index contributed by atoms with van der Waals surface area (Å²) in [7, 11) is 0. The second kappa shape index (κ2) is 8.61. The fourth-order valence-electron chi connectivity index (χ4n) is 3.13. The molecule has 0 saturated heterocycles. The number of benzene rings is 2. The topological polar surface area (TPSA) is 37.8 Å². The van der Waals surface area contributed by atoms with Crippen molar-refractivity contribution in [2.75, 3.05) is 0 Å². The number of hydrogen-bond acceptors (Lipinski definition) is 1. The van der Waals surface area contributed by atoms with Crippen LogP contribution in [0.3, 0.4) is 0 Å². The highest BCUT2D eigenvalue weighted by atomic mass is 35.5. The van der Waals surface area contributed by atoms with Crippen molar-refractivity contribution < 1.29 is 0 Å². The minimum absolute atomic E-state index is 0.0142. The van der Waals surface area contributed by atoms with Gasteiger partial charge in [-0.3, -0.25) is 14.6 Å². The smallest absolute Gasteiger partial charge is 0.270 e. The van der Waals surface area contributed by atoms with E-state index in [1.54, 1.807) is 4.68 Å². The molecule has 26 heavy (non-hydrogen) atoms. The predicted molar refractivity (Wildman–Crippen MR) is 108 cm³/mol. The van der Waals surface area contributed by atoms with Crippen LogP contribution in [0, 0.1) is 0 Å². The first-order valence-electron chi connectivity index (χ1n) is 8.87. The van der Waals surface area contributed by atoms with E-state index in [9.17, 15) is 4.79 Å². The molecule has 3 aromatic rings. The van der Waals surface area contributed by atoms with Gasteiger partial charge in [0.2, 0.25) is 0 Å². The molecule has 136 valence electrons. The van der Waals surface area contributed by atoms with Crippen LogP contribution in [0.25, 0.3) is 0 Å². The van der Waals surface area contributed by atoms with Crippen LogP contribution in [0.5, 0.6) is 0 Å². The number of H-pyrrole nitrogens is 1. The largest absolute Gasteiger partial charge is 0.299 e. The Hall–Kier alpha value is -1.97. The lowest BCUT2D eigenvalue weighted by Crippen LogP contribution is -2.20. The molecular weight excluding hydrogens is 367 g/mol. The van der Waals surface area contributed by atoms with Crippen molar-refractivity contribution in [1.29, 1.82) is 0 Å². The molecule has 2 aromatic carbocycles. The summed E-state index contributed by atoms with van der Waals surface area (Å²) in [6.45, 7) is 2.72. The van der Waals surface area contributed by atoms with E-state index in [2.05, 4.69) is 24.2 Å². The lowest BCUT2D eigenvalue weighted by molar-refractivity contribution is 0.587. The highest BCUT2D eigenvalue weighted by molar-refractivity contribution is 6.36. The van der Waals surface area contributed by atoms with E-state index in [4.69, 9.17) is 23.2 Å². The third kappa shape index (κ3) is 4.22. The SMILES string of the molecule is CCCc1[nH]n(CCc2ccccc2)c(=O)c1Cc1c(Cl)cccc1Cl. The van der Waals surface area contributed by atoms with Gasteiger partial charge in [0.05, 0.1) is 0 Å². The van der Waals surface area contributed by atoms with E-state index in [1.165, 1.54) is 5.56 Å². The highest BCUT2D eigenvalue weighted by Gasteiger charge is 2.17. The summed E-state index contributed by atoms with van der Waals surface area (Å²) < 4.78 is 1.71. The third-order valence-corrected chi connectivity index (χ3v) is 5.23. The van der Waals surface area contributed by atoms with Gasteiger partial charge >= 0.3 is 0 Å². The van der Waals surface area contributed by atoms with Crippen LogP contribution in [0.4, 0.5) is 0 Å². The van der Waals surface area contributed by atoms with Crippen molar-refractivity contribution in [1.82, 2.24) is 9.78 Å². The van der Waals surface area contributed by atoms with Crippen LogP contribution >= 0.6 is 23.2 Å². The molecule has 0 saturated carbocycles. The number of hydrogen-bond donors (Lipinski definition) is 1. The normalized spacial score (nSPS) is 11.0. The zero-order valence-electron chi connectivity index (χ0n) is 14.8. The molecule has 1 aromatic heterocycles. The summed E-state index contributed by atoms with van der Waals surface area (Å²) in [5.74, 6) is 0. The zero-order chi connectivity index (χ0) is 18.5. The molecule has 0 aliphatic heterocycles. The Kier molecular flexibility index (Phi) is 6.23. The Labute approximate surface area is 163 Å². The minimum atomic E-state index is 0.0142. The van der Waals surface area contributed by atoms with Gasteiger partial charge < -0.3 is 0 Å². The molecule has 3 nitrogen and oxygen atoms in total. The lowest BCUT2D eigenvalue weighted by atomic mass is 10.0. The Morgan fingerprint density at radius 2 is 1.62 bits per heavy atom. The van der Waals surface area contributed by atoms with Gasteiger partial charge in [-0.1, -0.05) is 72.9 Å². The first-order valence-corrected chi connectivity index (χ1v) is 9.63. The van der Waals surface area contributed by atoms with Crippen molar-refractivity contribution >= 4 is 23.2 Å². The van der Waals surface area contributed by atoms with E-state index >= 15 is 0 Å². The lowest BCUT2D eigenvalue weighted by Gasteiger charge is -2.06. The Morgan fingerprint density at radius 1 is 0.923 bits per heavy atom. The molecule has 3 rings (SSSR count). The van der Waals surface area contributed by atoms with E-state index in [-0.39, 0.29) is 5.56 Å². The van der Waals surface area contributed by atoms with Crippen molar-refractivity contribution in [3.63, 3.8) is 0 Å². The molecule has 0 unspecified atom stereocenters. The molecule has 0 amide bonds. The first kappa shape index (κ1) is 18.8. The number of nitrogens with zero attached hydrogens (tertiary/aromatic N) is 1. The first-order chi connectivity index (χ1) is 12.6. The zero-order valence-corrected chi connectivity index (χ0v) is 16.3. The van der Waals surface area contributed by atoms with Crippen molar-refractivity contribution in [2.45, 2.75) is 39.2 Å². The maximum absolute atomic E-state index is 13.0. The molecule has 0 bridgehead atoms. The average Bonchev–Trinajstić information content (AvgIpc) is 2.93. The number of aromatic amines is 1. The van der Waals surface area contributed by atoms with Gasteiger partial charge in [-0.05, 0) is 36.1 Å². The maximum atomic E-state index is 13.0. The van der Waals surface area contributed by atoms with Gasteiger partial charge in [0.1, 0.15) is 0 Å². The van der Waals surface area contributed by atoms with Crippen molar-refractivity contribution in [2.24, 2.45) is 0 Å². The van der Waals surface area contributed by atoms with Gasteiger partial charge in [0.15, 0.2) is 0 Å². The van der Waals surface area contributed by atoms with Gasteiger partial charge in [-0.15, -0.1) is 0 Å². The van der Waals surface area contributed by atoms with E-state index in [0.717, 1.165) is 36.1 Å². The van der Waals surface area contributed by atoms with Crippen LogP contribution < -0.4 is 5.56 Å². The number of aryl methyl sites for hydroxylation is 3. The Bertz CT molecular complexity index is 909. The van der Waals surface area contributed by atoms with Gasteiger partial charge in [0.25, 0.3) is 5.56 Å². The van der Waals surface area contributed by atoms with E-state index in [0.29, 0.717) is 23.0 Å². The molecule has 0 fully saturated rings. The molecule has 0 aliphatic carbocycles. The maximum Gasteiger partial charge on any atom is 0.270 e. The van der Waals surface area contributed by atoms with E-state index in [1.807, 2.05) is 36.4 Å². The van der Waals surface area contributed by atoms with Gasteiger partial charge in [-0.2, -0.15) is 0 Å². The molecule has 0 radical (unpaired) electrons. The quantitative estimate of drug-likeness (QED) is 0.587. The van der Waals surface area contributed by atoms with Crippen LogP contribution in [0.1, 0.15) is 35.7 Å². The molecule has 0 atom stereocenters. The summed E-state index contributed by atoms with van der Waals surface area (Å²) in [6, 6.07) is 15.6. The van der Waals surface area contributed by atoms with Crippen molar-refractivity contribution in [3.8, 4) is 0 Å². The number of aromatic nitrogens is 2. The second-order valence-electron chi connectivity index (χ2n) is 6.39. The monoisotopic (exact) mass is 388 g/mol. The predicted octanol–water partition coefficient (Wildman–Crippen LogP) is 5.27. The molecule has 1 N–H and O–H groups in total. The second-order valence-corrected chi connectivity index (χ2v) is 7.20. The molecule has 0 spiro atoms. The fourth-order valence-corrected chi connectivity index (χ4v) is 3.66. The molecular formula is C21H22Cl2N2O. The average molecular weight is 389 g/mol. The molecule has 1 heterocycles. The van der Waals surface area contributed by atoms with Crippen molar-refractivity contribution in [3.05, 3.63) is 91.3 Å². The number of halogens is 2. The Balaban J connectivity index is 1.89. The van der Waals surface area contributed by atoms with Crippen LogP contribution in [0.2, 0.25) is 10.0 Å². The summed E-state index contributed by atoms with van der Waals surface area (Å²) >= 11 is 12.6. The highest BCUT2D eigenvalue weighted by Crippen LogP contribution is 2.27. The standard InChI is InChI=1S/C21H22Cl2N2O/c1-2-7-20-17(14-16-18(22)10-6-11-19(16)23)21(26)25(24-20)13-12-15-8-4-3-5-9-15/h3-6,8-11,24H,2,7,12-14H2,1H3. The van der Waals surface area contributed by atoms with Crippen LogP contribution in [-0.2, 0) is 25.8 Å². The van der Waals surface area contributed by atoms with Crippen LogP contribution in [0.15, 0.2) is 53.3 Å². The fraction of sp³-hybridized carbons (Fsp3) is 0.286. The van der Waals surface area contributed by atoms with Gasteiger partial charge in [0, 0.05) is 34.3 Å². The minimum Gasteiger partial charge on any atom is -0.299 e. The van der Waals surface area contributed by atoms with Crippen LogP contribution in [-0.4, -0.2) is 9.78 Å². The van der Waals surface area contributed by atoms with E-state index < -0.39 is 0 Å². The summed E-state index contributed by atoms with van der Waals surface area (Å²) in [6.07, 6.45) is 3.04. The van der Waals surface area contributed by atoms with Gasteiger partial charge in [-0.25, -0.2) is 0 Å². The molecule has 5 heteroatoms. The summed E-state index contributed by atoms with van der Waals surface area (Å²) in [5.41, 5.74) is 3.76. The summed E-state index contributed by atoms with van der Waals surface area (Å²) in [4.78, 5) is 13.0. The molecule has 0 aliphatic rings. The number of rotatable bonds is 7.